The summed E-state index contributed by atoms with van der Waals surface area (Å²) in [5.41, 5.74) is 0. The Morgan fingerprint density at radius 1 is 1.00 bits per heavy atom. The fourth-order valence-electron chi connectivity index (χ4n) is 1.86. The molecule has 146 valence electrons. The molecule has 0 saturated carbocycles. The van der Waals surface area contributed by atoms with Crippen molar-refractivity contribution in [3.63, 3.8) is 0 Å². The molecule has 0 amide bonds. The van der Waals surface area contributed by atoms with Crippen LogP contribution >= 0.6 is 46.4 Å². The lowest BCUT2D eigenvalue weighted by atomic mass is 10.2. The average Bonchev–Trinajstić information content (AvgIpc) is 2.58. The molecule has 1 aromatic rings. The molecule has 1 rings (SSSR count). The molecule has 0 heterocycles. The summed E-state index contributed by atoms with van der Waals surface area (Å²) in [7, 11) is 1.49. The predicted octanol–water partition coefficient (Wildman–Crippen LogP) is 5.89. The molecular weight excluding hydrogens is 424 g/mol. The van der Waals surface area contributed by atoms with Gasteiger partial charge in [-0.3, -0.25) is 0 Å². The van der Waals surface area contributed by atoms with Gasteiger partial charge in [-0.05, 0) is 25.3 Å². The van der Waals surface area contributed by atoms with Crippen LogP contribution in [0.1, 0.15) is 19.3 Å². The molecule has 1 aromatic carbocycles. The van der Waals surface area contributed by atoms with E-state index in [9.17, 15) is 0 Å². The van der Waals surface area contributed by atoms with E-state index in [2.05, 4.69) is 9.99 Å². The van der Waals surface area contributed by atoms with Crippen molar-refractivity contribution in [1.29, 1.82) is 0 Å². The smallest absolute Gasteiger partial charge is 0.156 e. The van der Waals surface area contributed by atoms with Crippen molar-refractivity contribution in [2.24, 2.45) is 5.16 Å². The van der Waals surface area contributed by atoms with Gasteiger partial charge in [0.25, 0.3) is 0 Å². The first kappa shape index (κ1) is 23.2. The first-order valence-corrected chi connectivity index (χ1v) is 9.44. The molecule has 0 aromatic heterocycles. The number of ether oxygens (including phenoxy) is 3. The van der Waals surface area contributed by atoms with Gasteiger partial charge in [-0.25, -0.2) is 0 Å². The molecule has 0 fully saturated rings. The van der Waals surface area contributed by atoms with E-state index in [4.69, 9.17) is 60.6 Å². The zero-order valence-electron chi connectivity index (χ0n) is 14.4. The first-order chi connectivity index (χ1) is 12.5. The second-order valence-electron chi connectivity index (χ2n) is 4.98. The van der Waals surface area contributed by atoms with E-state index in [0.717, 1.165) is 19.3 Å². The van der Waals surface area contributed by atoms with Gasteiger partial charge in [-0.2, -0.15) is 0 Å². The third kappa shape index (κ3) is 10.3. The third-order valence-electron chi connectivity index (χ3n) is 3.01. The summed E-state index contributed by atoms with van der Waals surface area (Å²) >= 11 is 23.4. The van der Waals surface area contributed by atoms with Crippen LogP contribution in [0.2, 0.25) is 10.0 Å². The third-order valence-corrected chi connectivity index (χ3v) is 3.88. The summed E-state index contributed by atoms with van der Waals surface area (Å²) in [6.07, 6.45) is 5.84. The lowest BCUT2D eigenvalue weighted by molar-refractivity contribution is 0.160. The van der Waals surface area contributed by atoms with E-state index in [1.807, 2.05) is 0 Å². The minimum absolute atomic E-state index is 0.135. The SMILES string of the molecule is CON=CCOCCCCCOc1c(Cl)cc(OCC=C(Cl)Cl)cc1Cl. The Morgan fingerprint density at radius 2 is 1.69 bits per heavy atom. The standard InChI is InChI=1S/C17H21Cl4NO4/c1-23-22-6-10-24-7-3-2-4-8-26-17-14(18)11-13(12-15(17)19)25-9-5-16(20)21/h5-6,11-12H,2-4,7-10H2,1H3. The molecule has 0 N–H and O–H groups in total. The van der Waals surface area contributed by atoms with Crippen molar-refractivity contribution in [2.45, 2.75) is 19.3 Å². The lowest BCUT2D eigenvalue weighted by Gasteiger charge is -2.12. The van der Waals surface area contributed by atoms with Crippen LogP contribution in [0.15, 0.2) is 27.9 Å². The van der Waals surface area contributed by atoms with Gasteiger partial charge in [0.15, 0.2) is 5.75 Å². The fourth-order valence-corrected chi connectivity index (χ4v) is 2.56. The summed E-state index contributed by atoms with van der Waals surface area (Å²) in [5, 5.41) is 4.35. The normalized spacial score (nSPS) is 10.8. The number of oxime groups is 1. The van der Waals surface area contributed by atoms with E-state index >= 15 is 0 Å². The number of benzene rings is 1. The molecule has 0 saturated heterocycles. The van der Waals surface area contributed by atoms with Gasteiger partial charge < -0.3 is 19.0 Å². The second-order valence-corrected chi connectivity index (χ2v) is 6.80. The fraction of sp³-hybridized carbons (Fsp3) is 0.471. The van der Waals surface area contributed by atoms with Gasteiger partial charge in [0.2, 0.25) is 0 Å². The van der Waals surface area contributed by atoms with Crippen LogP contribution in [0, 0.1) is 0 Å². The van der Waals surface area contributed by atoms with E-state index in [-0.39, 0.29) is 11.1 Å². The number of hydrogen-bond acceptors (Lipinski definition) is 5. The maximum absolute atomic E-state index is 6.20. The van der Waals surface area contributed by atoms with Crippen LogP contribution in [-0.2, 0) is 9.57 Å². The molecule has 26 heavy (non-hydrogen) atoms. The van der Waals surface area contributed by atoms with Crippen molar-refractivity contribution < 1.29 is 19.0 Å². The Labute approximate surface area is 173 Å². The number of hydrogen-bond donors (Lipinski definition) is 0. The monoisotopic (exact) mass is 443 g/mol. The summed E-state index contributed by atoms with van der Waals surface area (Å²) in [6, 6.07) is 3.27. The van der Waals surface area contributed by atoms with Crippen LogP contribution in [0.3, 0.4) is 0 Å². The highest BCUT2D eigenvalue weighted by Crippen LogP contribution is 2.37. The minimum atomic E-state index is 0.135. The van der Waals surface area contributed by atoms with Gasteiger partial charge in [-0.15, -0.1) is 0 Å². The van der Waals surface area contributed by atoms with E-state index in [1.165, 1.54) is 13.2 Å². The molecule has 0 atom stereocenters. The van der Waals surface area contributed by atoms with Gasteiger partial charge in [-0.1, -0.05) is 51.6 Å². The van der Waals surface area contributed by atoms with E-state index < -0.39 is 0 Å². The molecule has 9 heteroatoms. The van der Waals surface area contributed by atoms with Crippen molar-refractivity contribution in [3.05, 3.63) is 32.7 Å². The van der Waals surface area contributed by atoms with Gasteiger partial charge in [0.05, 0.1) is 29.5 Å². The lowest BCUT2D eigenvalue weighted by Crippen LogP contribution is -2.02. The maximum Gasteiger partial charge on any atom is 0.156 e. The highest BCUT2D eigenvalue weighted by Gasteiger charge is 2.10. The highest BCUT2D eigenvalue weighted by molar-refractivity contribution is 6.55. The van der Waals surface area contributed by atoms with Crippen LogP contribution in [0.5, 0.6) is 11.5 Å². The van der Waals surface area contributed by atoms with Gasteiger partial charge in [0.1, 0.15) is 24.0 Å². The highest BCUT2D eigenvalue weighted by atomic mass is 35.5. The van der Waals surface area contributed by atoms with Crippen molar-refractivity contribution in [2.75, 3.05) is 33.5 Å². The van der Waals surface area contributed by atoms with Crippen LogP contribution in [0.25, 0.3) is 0 Å². The predicted molar refractivity (Wildman–Crippen MR) is 107 cm³/mol. The molecular formula is C17H21Cl4NO4. The number of halogens is 4. The van der Waals surface area contributed by atoms with Gasteiger partial charge >= 0.3 is 0 Å². The summed E-state index contributed by atoms with van der Waals surface area (Å²) in [6.45, 7) is 1.82. The number of rotatable bonds is 13. The van der Waals surface area contributed by atoms with Crippen molar-refractivity contribution in [1.82, 2.24) is 0 Å². The summed E-state index contributed by atoms with van der Waals surface area (Å²) in [5.74, 6) is 0.950. The molecule has 5 nitrogen and oxygen atoms in total. The number of nitrogens with zero attached hydrogens (tertiary/aromatic N) is 1. The van der Waals surface area contributed by atoms with E-state index in [1.54, 1.807) is 18.3 Å². The Hall–Kier alpha value is -0.850. The number of unbranched alkanes of at least 4 members (excludes halogenated alkanes) is 2. The Morgan fingerprint density at radius 3 is 2.35 bits per heavy atom. The first-order valence-electron chi connectivity index (χ1n) is 7.93. The quantitative estimate of drug-likeness (QED) is 0.216. The second kappa shape index (κ2) is 14.2. The molecule has 0 aliphatic carbocycles. The van der Waals surface area contributed by atoms with Crippen molar-refractivity contribution >= 4 is 52.6 Å². The molecule has 0 spiro atoms. The van der Waals surface area contributed by atoms with Crippen LogP contribution in [0.4, 0.5) is 0 Å². The van der Waals surface area contributed by atoms with Gasteiger partial charge in [0, 0.05) is 18.7 Å². The summed E-state index contributed by atoms with van der Waals surface area (Å²) in [4.78, 5) is 4.53. The van der Waals surface area contributed by atoms with Crippen LogP contribution < -0.4 is 9.47 Å². The maximum atomic E-state index is 6.20. The minimum Gasteiger partial charge on any atom is -0.490 e. The van der Waals surface area contributed by atoms with Crippen LogP contribution in [-0.4, -0.2) is 39.8 Å². The zero-order chi connectivity index (χ0) is 19.2. The molecule has 0 unspecified atom stereocenters. The molecule has 0 bridgehead atoms. The zero-order valence-corrected chi connectivity index (χ0v) is 17.4. The van der Waals surface area contributed by atoms with Crippen molar-refractivity contribution in [3.8, 4) is 11.5 Å². The topological polar surface area (TPSA) is 49.3 Å². The Kier molecular flexibility index (Phi) is 12.7. The average molecular weight is 445 g/mol. The molecule has 0 aliphatic heterocycles. The Balaban J connectivity index is 2.28. The Bertz CT molecular complexity index is 569. The molecule has 0 radical (unpaired) electrons. The largest absolute Gasteiger partial charge is 0.490 e. The van der Waals surface area contributed by atoms with E-state index in [0.29, 0.717) is 41.4 Å². The summed E-state index contributed by atoms with van der Waals surface area (Å²) < 4.78 is 16.6. The molecule has 0 aliphatic rings.